The van der Waals surface area contributed by atoms with Gasteiger partial charge in [-0.2, -0.15) is 13.2 Å². The van der Waals surface area contributed by atoms with Gasteiger partial charge in [0.2, 0.25) is 5.95 Å². The highest BCUT2D eigenvalue weighted by Gasteiger charge is 2.31. The maximum absolute atomic E-state index is 13.1. The van der Waals surface area contributed by atoms with Crippen LogP contribution in [0.1, 0.15) is 27.9 Å². The van der Waals surface area contributed by atoms with Crippen molar-refractivity contribution in [2.75, 3.05) is 29.2 Å². The summed E-state index contributed by atoms with van der Waals surface area (Å²) in [6, 6.07) is 10.8. The topological polar surface area (TPSA) is 61.4 Å². The van der Waals surface area contributed by atoms with Crippen molar-refractivity contribution in [3.8, 4) is 0 Å². The number of para-hydroxylation sites is 1. The minimum atomic E-state index is -4.16. The fourth-order valence-electron chi connectivity index (χ4n) is 4.22. The summed E-state index contributed by atoms with van der Waals surface area (Å²) in [5.41, 5.74) is 3.61. The van der Waals surface area contributed by atoms with Crippen LogP contribution in [0.15, 0.2) is 47.6 Å². The average Bonchev–Trinajstić information content (AvgIpc) is 2.83. The fraction of sp³-hybridized carbons (Fsp3) is 0.292. The second kappa shape index (κ2) is 10.1. The Morgan fingerprint density at radius 1 is 1.11 bits per heavy atom. The number of rotatable bonds is 5. The number of nitrogens with zero attached hydrogens (tertiary/aromatic N) is 4. The Kier molecular flexibility index (Phi) is 7.04. The zero-order valence-electron chi connectivity index (χ0n) is 18.8. The first-order valence-corrected chi connectivity index (χ1v) is 12.9. The van der Waals surface area contributed by atoms with E-state index in [1.165, 1.54) is 22.9 Å². The number of alkyl halides is 3. The van der Waals surface area contributed by atoms with Crippen molar-refractivity contribution in [1.29, 1.82) is 0 Å². The number of nitrogens with one attached hydrogen (secondary N) is 1. The van der Waals surface area contributed by atoms with Crippen LogP contribution >= 0.6 is 35.0 Å². The molecule has 2 aliphatic heterocycles. The maximum atomic E-state index is 13.1. The molecule has 3 aromatic rings. The highest BCUT2D eigenvalue weighted by molar-refractivity contribution is 7.99. The molecule has 0 saturated carbocycles. The Bertz CT molecular complexity index is 1300. The quantitative estimate of drug-likeness (QED) is 0.361. The van der Waals surface area contributed by atoms with Crippen LogP contribution in [0.5, 0.6) is 0 Å². The predicted octanol–water partition coefficient (Wildman–Crippen LogP) is 6.55. The molecule has 1 amide bonds. The zero-order valence-corrected chi connectivity index (χ0v) is 21.1. The molecule has 0 bridgehead atoms. The molecule has 0 fully saturated rings. The Morgan fingerprint density at radius 3 is 2.64 bits per heavy atom. The van der Waals surface area contributed by atoms with Gasteiger partial charge in [-0.15, -0.1) is 0 Å². The van der Waals surface area contributed by atoms with Gasteiger partial charge in [0.05, 0.1) is 33.6 Å². The van der Waals surface area contributed by atoms with Crippen LogP contribution < -0.4 is 10.2 Å². The van der Waals surface area contributed by atoms with Crippen molar-refractivity contribution in [3.63, 3.8) is 0 Å². The second-order valence-corrected chi connectivity index (χ2v) is 10.2. The van der Waals surface area contributed by atoms with E-state index in [-0.39, 0.29) is 12.5 Å². The van der Waals surface area contributed by atoms with Gasteiger partial charge >= 0.3 is 6.18 Å². The van der Waals surface area contributed by atoms with E-state index in [9.17, 15) is 18.0 Å². The monoisotopic (exact) mass is 553 g/mol. The number of hydrogen-bond donors (Lipinski definition) is 1. The molecule has 6 nitrogen and oxygen atoms in total. The molecule has 2 aliphatic rings. The number of carbonyl (C=O) groups is 1. The van der Waals surface area contributed by atoms with E-state index in [4.69, 9.17) is 23.2 Å². The highest BCUT2D eigenvalue weighted by Crippen LogP contribution is 2.39. The van der Waals surface area contributed by atoms with Crippen molar-refractivity contribution in [1.82, 2.24) is 14.9 Å². The van der Waals surface area contributed by atoms with Gasteiger partial charge in [-0.1, -0.05) is 47.1 Å². The van der Waals surface area contributed by atoms with E-state index in [0.29, 0.717) is 57.7 Å². The zero-order chi connectivity index (χ0) is 25.4. The Hall–Kier alpha value is -2.53. The van der Waals surface area contributed by atoms with E-state index < -0.39 is 12.6 Å². The summed E-state index contributed by atoms with van der Waals surface area (Å²) >= 11 is 13.9. The number of hydrogen-bond acceptors (Lipinski definition) is 6. The molecule has 188 valence electrons. The van der Waals surface area contributed by atoms with Gasteiger partial charge < -0.3 is 5.32 Å². The number of anilines is 3. The lowest BCUT2D eigenvalue weighted by molar-refractivity contribution is -0.138. The SMILES string of the molecule is O=C1c2cnc(Nc3ccc4c(c3)CN(CCC(F)(F)F)CC4)nc2SCN1c1c(Cl)cccc1Cl. The smallest absolute Gasteiger partial charge is 0.324 e. The van der Waals surface area contributed by atoms with Gasteiger partial charge in [0.1, 0.15) is 5.03 Å². The second-order valence-electron chi connectivity index (χ2n) is 8.49. The summed E-state index contributed by atoms with van der Waals surface area (Å²) in [5.74, 6) is 0.319. The minimum Gasteiger partial charge on any atom is -0.324 e. The van der Waals surface area contributed by atoms with E-state index >= 15 is 0 Å². The van der Waals surface area contributed by atoms with Crippen molar-refractivity contribution in [2.24, 2.45) is 0 Å². The molecule has 1 aromatic heterocycles. The largest absolute Gasteiger partial charge is 0.390 e. The molecule has 3 heterocycles. The molecule has 0 spiro atoms. The molecule has 0 atom stereocenters. The fourth-order valence-corrected chi connectivity index (χ4v) is 5.77. The average molecular weight is 554 g/mol. The number of amides is 1. The first-order valence-electron chi connectivity index (χ1n) is 11.1. The normalized spacial score (nSPS) is 16.0. The number of halogens is 5. The van der Waals surface area contributed by atoms with Crippen molar-refractivity contribution in [3.05, 3.63) is 69.3 Å². The molecular weight excluding hydrogens is 534 g/mol. The molecule has 5 rings (SSSR count). The van der Waals surface area contributed by atoms with Crippen LogP contribution in [-0.2, 0) is 13.0 Å². The third kappa shape index (κ3) is 5.41. The summed E-state index contributed by atoms with van der Waals surface area (Å²) in [7, 11) is 0. The molecule has 12 heteroatoms. The van der Waals surface area contributed by atoms with E-state index in [1.54, 1.807) is 18.2 Å². The van der Waals surface area contributed by atoms with Gasteiger partial charge in [-0.25, -0.2) is 9.97 Å². The Morgan fingerprint density at radius 2 is 1.89 bits per heavy atom. The van der Waals surface area contributed by atoms with Crippen molar-refractivity contribution in [2.45, 2.75) is 30.6 Å². The number of benzene rings is 2. The lowest BCUT2D eigenvalue weighted by Crippen LogP contribution is -2.35. The van der Waals surface area contributed by atoms with Crippen LogP contribution in [0.25, 0.3) is 0 Å². The van der Waals surface area contributed by atoms with Crippen molar-refractivity contribution >= 4 is 58.2 Å². The summed E-state index contributed by atoms with van der Waals surface area (Å²) in [4.78, 5) is 25.3. The summed E-state index contributed by atoms with van der Waals surface area (Å²) in [5, 5.41) is 4.44. The molecule has 0 aliphatic carbocycles. The van der Waals surface area contributed by atoms with Gasteiger partial charge in [0, 0.05) is 31.5 Å². The molecule has 0 unspecified atom stereocenters. The minimum absolute atomic E-state index is 0.0177. The Balaban J connectivity index is 1.30. The summed E-state index contributed by atoms with van der Waals surface area (Å²) in [6.45, 7) is 1.04. The lowest BCUT2D eigenvalue weighted by atomic mass is 9.99. The van der Waals surface area contributed by atoms with Crippen LogP contribution in [0.2, 0.25) is 10.0 Å². The molecule has 0 radical (unpaired) electrons. The number of fused-ring (bicyclic) bond motifs is 2. The maximum Gasteiger partial charge on any atom is 0.390 e. The van der Waals surface area contributed by atoms with E-state index in [0.717, 1.165) is 16.8 Å². The van der Waals surface area contributed by atoms with Gasteiger partial charge in [0.15, 0.2) is 0 Å². The third-order valence-corrected chi connectivity index (χ3v) is 7.61. The number of aromatic nitrogens is 2. The first-order chi connectivity index (χ1) is 17.2. The molecule has 2 aromatic carbocycles. The van der Waals surface area contributed by atoms with E-state index in [1.807, 2.05) is 23.1 Å². The molecule has 36 heavy (non-hydrogen) atoms. The standard InChI is InChI=1S/C24H20Cl2F3N5OS/c25-18-2-1-3-19(26)20(18)34-13-36-21-17(22(34)35)11-30-23(32-21)31-16-5-4-14-6-8-33(12-15(14)10-16)9-7-24(27,28)29/h1-5,10-11H,6-9,12-13H2,(H,30,31,32). The van der Waals surface area contributed by atoms with Gasteiger partial charge in [0.25, 0.3) is 5.91 Å². The van der Waals surface area contributed by atoms with Crippen molar-refractivity contribution < 1.29 is 18.0 Å². The number of thioether (sulfide) groups is 1. The van der Waals surface area contributed by atoms with Gasteiger partial charge in [-0.05, 0) is 41.8 Å². The highest BCUT2D eigenvalue weighted by atomic mass is 35.5. The molecule has 0 saturated heterocycles. The molecule has 1 N–H and O–H groups in total. The van der Waals surface area contributed by atoms with E-state index in [2.05, 4.69) is 15.3 Å². The summed E-state index contributed by atoms with van der Waals surface area (Å²) in [6.07, 6.45) is -2.81. The third-order valence-electron chi connectivity index (χ3n) is 6.03. The lowest BCUT2D eigenvalue weighted by Gasteiger charge is -2.29. The van der Waals surface area contributed by atoms with Crippen LogP contribution in [0.4, 0.5) is 30.5 Å². The van der Waals surface area contributed by atoms with Crippen LogP contribution in [-0.4, -0.2) is 45.9 Å². The van der Waals surface area contributed by atoms with Crippen LogP contribution in [0, 0.1) is 0 Å². The Labute approximate surface area is 219 Å². The van der Waals surface area contributed by atoms with Gasteiger partial charge in [-0.3, -0.25) is 14.6 Å². The number of carbonyl (C=O) groups excluding carboxylic acids is 1. The summed E-state index contributed by atoms with van der Waals surface area (Å²) < 4.78 is 37.8. The van der Waals surface area contributed by atoms with Crippen LogP contribution in [0.3, 0.4) is 0 Å². The molecular formula is C24H20Cl2F3N5OS. The predicted molar refractivity (Wildman–Crippen MR) is 135 cm³/mol. The first kappa shape index (κ1) is 25.1.